The Morgan fingerprint density at radius 2 is 1.67 bits per heavy atom. The molecular weight excluding hydrogens is 476 g/mol. The van der Waals surface area contributed by atoms with Gasteiger partial charge in [0, 0.05) is 48.6 Å². The van der Waals surface area contributed by atoms with Crippen LogP contribution in [0.1, 0.15) is 59.2 Å². The molecule has 2 saturated heterocycles. The molecule has 4 rings (SSSR count). The van der Waals surface area contributed by atoms with Gasteiger partial charge in [-0.05, 0) is 81.8 Å². The highest BCUT2D eigenvalue weighted by atomic mass is 35.5. The third-order valence-corrected chi connectivity index (χ3v) is 8.14. The van der Waals surface area contributed by atoms with Crippen molar-refractivity contribution in [3.8, 4) is 5.75 Å². The third-order valence-electron chi connectivity index (χ3n) is 7.55. The Hall–Kier alpha value is -2.57. The van der Waals surface area contributed by atoms with E-state index in [0.29, 0.717) is 57.6 Å². The summed E-state index contributed by atoms with van der Waals surface area (Å²) in [6.45, 7) is 8.52. The number of carbonyl (C=O) groups is 2. The molecule has 1 N–H and O–H groups in total. The molecule has 2 aromatic carbocycles. The number of hydrogen-bond donors (Lipinski definition) is 1. The van der Waals surface area contributed by atoms with Crippen molar-refractivity contribution < 1.29 is 19.4 Å². The number of halogens is 1. The Bertz CT molecular complexity index is 1070. The van der Waals surface area contributed by atoms with Crippen LogP contribution in [0.4, 0.5) is 0 Å². The van der Waals surface area contributed by atoms with Gasteiger partial charge >= 0.3 is 0 Å². The molecule has 2 aromatic rings. The standard InChI is InChI=1S/C29H37ClN2O4/c1-20-5-7-23(8-6-20)28(35)32-12-4-11-29(18-32,17-26(34)31-13-9-24(33)10-14-31)19-36-25-15-21(2)27(30)22(3)16-25/h5-8,15-16,24,33H,4,9-14,17-19H2,1-3H3. The number of aryl methyl sites for hydroxylation is 3. The molecule has 2 fully saturated rings. The number of aliphatic hydroxyl groups excluding tert-OH is 1. The van der Waals surface area contributed by atoms with Crippen LogP contribution in [0.5, 0.6) is 5.75 Å². The lowest BCUT2D eigenvalue weighted by atomic mass is 9.77. The van der Waals surface area contributed by atoms with Crippen LogP contribution in [-0.2, 0) is 4.79 Å². The Labute approximate surface area is 219 Å². The van der Waals surface area contributed by atoms with Gasteiger partial charge in [-0.25, -0.2) is 0 Å². The number of amides is 2. The summed E-state index contributed by atoms with van der Waals surface area (Å²) in [6, 6.07) is 11.5. The zero-order valence-electron chi connectivity index (χ0n) is 21.6. The highest BCUT2D eigenvalue weighted by molar-refractivity contribution is 6.32. The Morgan fingerprint density at radius 3 is 2.31 bits per heavy atom. The number of rotatable bonds is 6. The molecule has 0 radical (unpaired) electrons. The van der Waals surface area contributed by atoms with E-state index in [1.807, 2.05) is 67.0 Å². The average molecular weight is 513 g/mol. The first-order chi connectivity index (χ1) is 17.2. The number of carbonyl (C=O) groups excluding carboxylic acids is 2. The first-order valence-electron chi connectivity index (χ1n) is 12.9. The maximum Gasteiger partial charge on any atom is 0.253 e. The second-order valence-electron chi connectivity index (χ2n) is 10.6. The summed E-state index contributed by atoms with van der Waals surface area (Å²) in [4.78, 5) is 30.5. The second kappa shape index (κ2) is 11.2. The van der Waals surface area contributed by atoms with Gasteiger partial charge in [0.15, 0.2) is 0 Å². The summed E-state index contributed by atoms with van der Waals surface area (Å²) in [7, 11) is 0. The maximum absolute atomic E-state index is 13.4. The molecule has 0 spiro atoms. The van der Waals surface area contributed by atoms with Crippen LogP contribution >= 0.6 is 11.6 Å². The van der Waals surface area contributed by atoms with E-state index in [0.717, 1.165) is 40.3 Å². The molecule has 2 aliphatic heterocycles. The van der Waals surface area contributed by atoms with Gasteiger partial charge in [-0.3, -0.25) is 9.59 Å². The van der Waals surface area contributed by atoms with Crippen molar-refractivity contribution >= 4 is 23.4 Å². The summed E-state index contributed by atoms with van der Waals surface area (Å²) in [5.41, 5.74) is 3.18. The van der Waals surface area contributed by atoms with E-state index in [1.165, 1.54) is 0 Å². The van der Waals surface area contributed by atoms with Gasteiger partial charge in [-0.1, -0.05) is 29.3 Å². The highest BCUT2D eigenvalue weighted by Gasteiger charge is 2.41. The largest absolute Gasteiger partial charge is 0.493 e. The number of aliphatic hydroxyl groups is 1. The monoisotopic (exact) mass is 512 g/mol. The maximum atomic E-state index is 13.4. The van der Waals surface area contributed by atoms with Crippen molar-refractivity contribution in [3.05, 3.63) is 63.7 Å². The summed E-state index contributed by atoms with van der Waals surface area (Å²) in [6.07, 6.45) is 2.81. The van der Waals surface area contributed by atoms with Gasteiger partial charge in [0.05, 0.1) is 12.7 Å². The van der Waals surface area contributed by atoms with Crippen molar-refractivity contribution in [2.75, 3.05) is 32.8 Å². The summed E-state index contributed by atoms with van der Waals surface area (Å²) < 4.78 is 6.31. The van der Waals surface area contributed by atoms with E-state index in [9.17, 15) is 14.7 Å². The van der Waals surface area contributed by atoms with Crippen LogP contribution in [0.2, 0.25) is 5.02 Å². The van der Waals surface area contributed by atoms with Crippen LogP contribution < -0.4 is 4.74 Å². The molecule has 2 heterocycles. The normalized spacial score (nSPS) is 20.9. The Morgan fingerprint density at radius 1 is 1.03 bits per heavy atom. The smallest absolute Gasteiger partial charge is 0.253 e. The van der Waals surface area contributed by atoms with Crippen LogP contribution in [0.15, 0.2) is 36.4 Å². The highest BCUT2D eigenvalue weighted by Crippen LogP contribution is 2.37. The van der Waals surface area contributed by atoms with Gasteiger partial charge < -0.3 is 19.6 Å². The van der Waals surface area contributed by atoms with Crippen LogP contribution in [-0.4, -0.2) is 65.6 Å². The van der Waals surface area contributed by atoms with Crippen molar-refractivity contribution in [1.29, 1.82) is 0 Å². The quantitative estimate of drug-likeness (QED) is 0.595. The molecule has 1 atom stereocenters. The predicted molar refractivity (Wildman–Crippen MR) is 142 cm³/mol. The minimum atomic E-state index is -0.493. The molecule has 1 unspecified atom stereocenters. The lowest BCUT2D eigenvalue weighted by Gasteiger charge is -2.43. The van der Waals surface area contributed by atoms with E-state index in [4.69, 9.17) is 16.3 Å². The van der Waals surface area contributed by atoms with E-state index in [1.54, 1.807) is 0 Å². The minimum absolute atomic E-state index is 0.00852. The van der Waals surface area contributed by atoms with Gasteiger partial charge in [-0.15, -0.1) is 0 Å². The topological polar surface area (TPSA) is 70.1 Å². The second-order valence-corrected chi connectivity index (χ2v) is 11.0. The van der Waals surface area contributed by atoms with Crippen molar-refractivity contribution in [1.82, 2.24) is 9.80 Å². The Kier molecular flexibility index (Phi) is 8.26. The summed E-state index contributed by atoms with van der Waals surface area (Å²) >= 11 is 6.35. The van der Waals surface area contributed by atoms with E-state index in [-0.39, 0.29) is 17.9 Å². The van der Waals surface area contributed by atoms with Crippen molar-refractivity contribution in [2.24, 2.45) is 5.41 Å². The summed E-state index contributed by atoms with van der Waals surface area (Å²) in [5.74, 6) is 0.786. The molecule has 0 bridgehead atoms. The molecule has 0 aromatic heterocycles. The average Bonchev–Trinajstić information content (AvgIpc) is 2.86. The third kappa shape index (κ3) is 6.22. The molecule has 6 nitrogen and oxygen atoms in total. The first-order valence-corrected chi connectivity index (χ1v) is 13.2. The number of piperidine rings is 2. The van der Waals surface area contributed by atoms with Gasteiger partial charge in [0.25, 0.3) is 5.91 Å². The minimum Gasteiger partial charge on any atom is -0.493 e. The number of benzene rings is 2. The molecule has 194 valence electrons. The Balaban J connectivity index is 1.55. The predicted octanol–water partition coefficient (Wildman–Crippen LogP) is 4.94. The van der Waals surface area contributed by atoms with E-state index < -0.39 is 5.41 Å². The van der Waals surface area contributed by atoms with Crippen LogP contribution in [0.3, 0.4) is 0 Å². The van der Waals surface area contributed by atoms with E-state index in [2.05, 4.69) is 0 Å². The molecule has 2 aliphatic rings. The number of likely N-dealkylation sites (tertiary alicyclic amines) is 2. The zero-order valence-corrected chi connectivity index (χ0v) is 22.3. The molecule has 7 heteroatoms. The van der Waals surface area contributed by atoms with E-state index >= 15 is 0 Å². The number of nitrogens with zero attached hydrogens (tertiary/aromatic N) is 2. The fourth-order valence-electron chi connectivity index (χ4n) is 5.35. The number of ether oxygens (including phenoxy) is 1. The lowest BCUT2D eigenvalue weighted by Crippen LogP contribution is -2.51. The van der Waals surface area contributed by atoms with Gasteiger partial charge in [0.1, 0.15) is 5.75 Å². The fraction of sp³-hybridized carbons (Fsp3) is 0.517. The first kappa shape index (κ1) is 26.5. The lowest BCUT2D eigenvalue weighted by molar-refractivity contribution is -0.137. The zero-order chi connectivity index (χ0) is 25.9. The van der Waals surface area contributed by atoms with Crippen LogP contribution in [0.25, 0.3) is 0 Å². The number of hydrogen-bond acceptors (Lipinski definition) is 4. The molecule has 36 heavy (non-hydrogen) atoms. The fourth-order valence-corrected chi connectivity index (χ4v) is 5.46. The molecule has 0 aliphatic carbocycles. The SMILES string of the molecule is Cc1ccc(C(=O)N2CCCC(COc3cc(C)c(Cl)c(C)c3)(CC(=O)N3CCC(O)CC3)C2)cc1. The molecule has 0 saturated carbocycles. The van der Waals surface area contributed by atoms with Crippen molar-refractivity contribution in [2.45, 2.75) is 59.0 Å². The van der Waals surface area contributed by atoms with Gasteiger partial charge in [-0.2, -0.15) is 0 Å². The van der Waals surface area contributed by atoms with Gasteiger partial charge in [0.2, 0.25) is 5.91 Å². The molecular formula is C29H37ClN2O4. The van der Waals surface area contributed by atoms with Crippen LogP contribution in [0, 0.1) is 26.2 Å². The summed E-state index contributed by atoms with van der Waals surface area (Å²) in [5, 5.41) is 10.6. The van der Waals surface area contributed by atoms with Crippen molar-refractivity contribution in [3.63, 3.8) is 0 Å². The molecule has 2 amide bonds.